The van der Waals surface area contributed by atoms with E-state index in [0.29, 0.717) is 18.0 Å². The normalized spacial score (nSPS) is 35.1. The van der Waals surface area contributed by atoms with Crippen LogP contribution in [-0.2, 0) is 14.3 Å². The zero-order chi connectivity index (χ0) is 15.9. The van der Waals surface area contributed by atoms with Crippen LogP contribution in [0.2, 0.25) is 0 Å². The molecule has 0 spiro atoms. The minimum absolute atomic E-state index is 0.305. The maximum absolute atomic E-state index is 11.4. The quantitative estimate of drug-likeness (QED) is 0.823. The van der Waals surface area contributed by atoms with Crippen molar-refractivity contribution in [1.82, 2.24) is 4.98 Å². The number of nitrogen functional groups attached to an aromatic ring is 1. The van der Waals surface area contributed by atoms with Crippen molar-refractivity contribution in [1.29, 1.82) is 0 Å². The van der Waals surface area contributed by atoms with Crippen LogP contribution in [0.4, 0.5) is 5.69 Å². The average Bonchev–Trinajstić information content (AvgIpc) is 3.25. The number of nitrogens with two attached hydrogens (primary N) is 1. The number of anilines is 1. The van der Waals surface area contributed by atoms with Gasteiger partial charge in [-0.05, 0) is 31.7 Å². The Morgan fingerprint density at radius 2 is 2.27 bits per heavy atom. The molecule has 4 atom stereocenters. The molecule has 0 aromatic carbocycles. The largest absolute Gasteiger partial charge is 0.459 e. The summed E-state index contributed by atoms with van der Waals surface area (Å²) in [6.07, 6.45) is 4.39. The molecule has 1 saturated carbocycles. The van der Waals surface area contributed by atoms with Gasteiger partial charge in [-0.2, -0.15) is 0 Å². The van der Waals surface area contributed by atoms with Crippen LogP contribution in [0.1, 0.15) is 44.8 Å². The van der Waals surface area contributed by atoms with Crippen LogP contribution < -0.4 is 5.73 Å². The Balaban J connectivity index is 1.90. The fourth-order valence-corrected chi connectivity index (χ4v) is 3.25. The van der Waals surface area contributed by atoms with E-state index in [-0.39, 0.29) is 12.2 Å². The topological polar surface area (TPSA) is 94.7 Å². The zero-order valence-corrected chi connectivity index (χ0v) is 12.9. The van der Waals surface area contributed by atoms with Gasteiger partial charge in [-0.15, -0.1) is 0 Å². The maximum atomic E-state index is 11.4. The minimum Gasteiger partial charge on any atom is -0.459 e. The highest BCUT2D eigenvalue weighted by Crippen LogP contribution is 2.48. The highest BCUT2D eigenvalue weighted by atomic mass is 16.6. The lowest BCUT2D eigenvalue weighted by molar-refractivity contribution is -0.237. The van der Waals surface area contributed by atoms with Crippen LogP contribution in [0.3, 0.4) is 0 Å². The summed E-state index contributed by atoms with van der Waals surface area (Å²) in [5.41, 5.74) is 6.17. The number of esters is 1. The number of aromatic nitrogens is 1. The lowest BCUT2D eigenvalue weighted by atomic mass is 9.81. The standard InChI is InChI=1S/C16H22N2O4/c1-9(19)21-14-7-13(11-5-6-18-8-12(11)17)22-15(10-3-4-10)16(14,2)20/h5-6,8,10,13-15,20H,3-4,7,17H2,1-2H3/t13-,14-,15-,16+/m0/s1. The molecule has 2 heterocycles. The lowest BCUT2D eigenvalue weighted by Gasteiger charge is -2.46. The molecule has 0 unspecified atom stereocenters. The number of aliphatic hydroxyl groups is 1. The fourth-order valence-electron chi connectivity index (χ4n) is 3.25. The first kappa shape index (κ1) is 15.2. The van der Waals surface area contributed by atoms with Crippen molar-refractivity contribution in [3.63, 3.8) is 0 Å². The molecule has 1 saturated heterocycles. The van der Waals surface area contributed by atoms with E-state index in [9.17, 15) is 9.90 Å². The number of carbonyl (C=O) groups excluding carboxylic acids is 1. The Hall–Kier alpha value is -1.66. The molecule has 2 fully saturated rings. The molecular formula is C16H22N2O4. The van der Waals surface area contributed by atoms with Gasteiger partial charge in [0.2, 0.25) is 0 Å². The van der Waals surface area contributed by atoms with E-state index < -0.39 is 17.7 Å². The second-order valence-corrected chi connectivity index (χ2v) is 6.45. The SMILES string of the molecule is CC(=O)O[C@H]1C[C@@H](c2ccncc2N)O[C@@H](C2CC2)[C@]1(C)O. The summed E-state index contributed by atoms with van der Waals surface area (Å²) in [6, 6.07) is 1.81. The van der Waals surface area contributed by atoms with Crippen LogP contribution in [0, 0.1) is 5.92 Å². The van der Waals surface area contributed by atoms with E-state index in [1.54, 1.807) is 19.3 Å². The van der Waals surface area contributed by atoms with Crippen molar-refractivity contribution < 1.29 is 19.4 Å². The predicted octanol–water partition coefficient (Wildman–Crippen LogP) is 1.59. The highest BCUT2D eigenvalue weighted by molar-refractivity contribution is 5.66. The van der Waals surface area contributed by atoms with Gasteiger partial charge < -0.3 is 20.3 Å². The Labute approximate surface area is 129 Å². The number of pyridine rings is 1. The second kappa shape index (κ2) is 5.52. The average molecular weight is 306 g/mol. The Bertz CT molecular complexity index is 571. The number of hydrogen-bond acceptors (Lipinski definition) is 6. The van der Waals surface area contributed by atoms with Crippen LogP contribution in [-0.4, -0.2) is 33.9 Å². The molecule has 22 heavy (non-hydrogen) atoms. The van der Waals surface area contributed by atoms with Gasteiger partial charge >= 0.3 is 5.97 Å². The van der Waals surface area contributed by atoms with Crippen molar-refractivity contribution in [2.24, 2.45) is 5.92 Å². The highest BCUT2D eigenvalue weighted by Gasteiger charge is 2.54. The molecule has 2 aliphatic rings. The first-order valence-electron chi connectivity index (χ1n) is 7.64. The van der Waals surface area contributed by atoms with Crippen molar-refractivity contribution in [3.05, 3.63) is 24.0 Å². The molecule has 1 aliphatic carbocycles. The number of nitrogens with zero attached hydrogens (tertiary/aromatic N) is 1. The minimum atomic E-state index is -1.19. The van der Waals surface area contributed by atoms with Crippen LogP contribution >= 0.6 is 0 Å². The Morgan fingerprint density at radius 3 is 2.86 bits per heavy atom. The zero-order valence-electron chi connectivity index (χ0n) is 12.9. The summed E-state index contributed by atoms with van der Waals surface area (Å²) in [5.74, 6) is -0.0953. The fraction of sp³-hybridized carbons (Fsp3) is 0.625. The van der Waals surface area contributed by atoms with E-state index in [2.05, 4.69) is 4.98 Å². The molecule has 1 aliphatic heterocycles. The van der Waals surface area contributed by atoms with Crippen LogP contribution in [0.25, 0.3) is 0 Å². The van der Waals surface area contributed by atoms with Gasteiger partial charge in [0.1, 0.15) is 11.7 Å². The third kappa shape index (κ3) is 2.80. The van der Waals surface area contributed by atoms with Gasteiger partial charge in [0.05, 0.1) is 24.1 Å². The lowest BCUT2D eigenvalue weighted by Crippen LogP contribution is -2.57. The van der Waals surface area contributed by atoms with Crippen LogP contribution in [0.5, 0.6) is 0 Å². The summed E-state index contributed by atoms with van der Waals surface area (Å²) >= 11 is 0. The molecular weight excluding hydrogens is 284 g/mol. The summed E-state index contributed by atoms with van der Waals surface area (Å²) in [4.78, 5) is 15.4. The molecule has 1 aromatic rings. The van der Waals surface area contributed by atoms with Gasteiger partial charge in [0.15, 0.2) is 0 Å². The van der Waals surface area contributed by atoms with Gasteiger partial charge in [0, 0.05) is 25.1 Å². The maximum Gasteiger partial charge on any atom is 0.303 e. The molecule has 120 valence electrons. The van der Waals surface area contributed by atoms with E-state index in [1.807, 2.05) is 6.07 Å². The van der Waals surface area contributed by atoms with Gasteiger partial charge in [-0.25, -0.2) is 0 Å². The van der Waals surface area contributed by atoms with E-state index in [1.165, 1.54) is 6.92 Å². The third-order valence-corrected chi connectivity index (χ3v) is 4.56. The van der Waals surface area contributed by atoms with Crippen molar-refractivity contribution in [3.8, 4) is 0 Å². The first-order chi connectivity index (χ1) is 10.4. The predicted molar refractivity (Wildman–Crippen MR) is 79.8 cm³/mol. The number of carbonyl (C=O) groups is 1. The third-order valence-electron chi connectivity index (χ3n) is 4.56. The summed E-state index contributed by atoms with van der Waals surface area (Å²) in [6.45, 7) is 3.04. The summed E-state index contributed by atoms with van der Waals surface area (Å²) in [5, 5.41) is 10.8. The van der Waals surface area contributed by atoms with Crippen molar-refractivity contribution in [2.75, 3.05) is 5.73 Å². The molecule has 1 aromatic heterocycles. The first-order valence-corrected chi connectivity index (χ1v) is 7.64. The second-order valence-electron chi connectivity index (χ2n) is 6.45. The van der Waals surface area contributed by atoms with Gasteiger partial charge in [0.25, 0.3) is 0 Å². The van der Waals surface area contributed by atoms with Gasteiger partial charge in [-0.3, -0.25) is 9.78 Å². The molecule has 6 heteroatoms. The number of rotatable bonds is 3. The molecule has 0 radical (unpaired) electrons. The molecule has 6 nitrogen and oxygen atoms in total. The van der Waals surface area contributed by atoms with E-state index >= 15 is 0 Å². The van der Waals surface area contributed by atoms with E-state index in [4.69, 9.17) is 15.2 Å². The number of ether oxygens (including phenoxy) is 2. The molecule has 0 bridgehead atoms. The van der Waals surface area contributed by atoms with Gasteiger partial charge in [-0.1, -0.05) is 0 Å². The van der Waals surface area contributed by atoms with Crippen molar-refractivity contribution in [2.45, 2.75) is 57.0 Å². The van der Waals surface area contributed by atoms with E-state index in [0.717, 1.165) is 18.4 Å². The molecule has 3 rings (SSSR count). The Morgan fingerprint density at radius 1 is 1.55 bits per heavy atom. The van der Waals surface area contributed by atoms with Crippen LogP contribution in [0.15, 0.2) is 18.5 Å². The number of hydrogen-bond donors (Lipinski definition) is 2. The smallest absolute Gasteiger partial charge is 0.303 e. The Kier molecular flexibility index (Phi) is 3.82. The summed E-state index contributed by atoms with van der Waals surface area (Å²) < 4.78 is 11.5. The molecule has 3 N–H and O–H groups in total. The summed E-state index contributed by atoms with van der Waals surface area (Å²) in [7, 11) is 0. The monoisotopic (exact) mass is 306 g/mol. The molecule has 0 amide bonds. The van der Waals surface area contributed by atoms with Crippen molar-refractivity contribution >= 4 is 11.7 Å².